The van der Waals surface area contributed by atoms with E-state index in [2.05, 4.69) is 4.98 Å². The molecule has 0 unspecified atom stereocenters. The fourth-order valence-corrected chi connectivity index (χ4v) is 2.83. The highest BCUT2D eigenvalue weighted by molar-refractivity contribution is 5.87. The van der Waals surface area contributed by atoms with Crippen molar-refractivity contribution < 1.29 is 9.53 Å². The van der Waals surface area contributed by atoms with Crippen molar-refractivity contribution in [3.05, 3.63) is 42.1 Å². The van der Waals surface area contributed by atoms with Crippen LogP contribution < -0.4 is 0 Å². The summed E-state index contributed by atoms with van der Waals surface area (Å²) in [5.41, 5.74) is 1.91. The SMILES string of the molecule is C[C@@H]1CN(C(=O)Cc2cccc3cccnc23)[C@H](C)CO1. The van der Waals surface area contributed by atoms with Gasteiger partial charge in [-0.05, 0) is 25.5 Å². The van der Waals surface area contributed by atoms with E-state index in [4.69, 9.17) is 4.74 Å². The van der Waals surface area contributed by atoms with Crippen LogP contribution in [0.15, 0.2) is 36.5 Å². The summed E-state index contributed by atoms with van der Waals surface area (Å²) < 4.78 is 5.58. The summed E-state index contributed by atoms with van der Waals surface area (Å²) >= 11 is 0. The molecule has 1 aromatic heterocycles. The van der Waals surface area contributed by atoms with E-state index in [0.717, 1.165) is 16.5 Å². The molecule has 0 saturated carbocycles. The summed E-state index contributed by atoms with van der Waals surface area (Å²) in [4.78, 5) is 19.0. The van der Waals surface area contributed by atoms with Crippen LogP contribution in [0.3, 0.4) is 0 Å². The number of amides is 1. The number of morpholine rings is 1. The minimum Gasteiger partial charge on any atom is -0.375 e. The fraction of sp³-hybridized carbons (Fsp3) is 0.412. The predicted molar refractivity (Wildman–Crippen MR) is 82.0 cm³/mol. The normalized spacial score (nSPS) is 22.5. The van der Waals surface area contributed by atoms with Gasteiger partial charge in [0.25, 0.3) is 0 Å². The van der Waals surface area contributed by atoms with E-state index in [1.807, 2.05) is 49.1 Å². The lowest BCUT2D eigenvalue weighted by Crippen LogP contribution is -2.50. The first-order chi connectivity index (χ1) is 10.1. The maximum absolute atomic E-state index is 12.6. The van der Waals surface area contributed by atoms with Crippen molar-refractivity contribution in [1.29, 1.82) is 0 Å². The predicted octanol–water partition coefficient (Wildman–Crippen LogP) is 2.41. The first kappa shape index (κ1) is 14.0. The van der Waals surface area contributed by atoms with E-state index < -0.39 is 0 Å². The van der Waals surface area contributed by atoms with Gasteiger partial charge in [0, 0.05) is 18.1 Å². The Labute approximate surface area is 124 Å². The van der Waals surface area contributed by atoms with E-state index in [9.17, 15) is 4.79 Å². The van der Waals surface area contributed by atoms with Crippen LogP contribution in [-0.4, -0.2) is 41.1 Å². The largest absolute Gasteiger partial charge is 0.375 e. The Kier molecular flexibility index (Phi) is 3.88. The molecule has 2 heterocycles. The van der Waals surface area contributed by atoms with Gasteiger partial charge in [-0.15, -0.1) is 0 Å². The second kappa shape index (κ2) is 5.82. The van der Waals surface area contributed by atoms with Crippen LogP contribution in [0.2, 0.25) is 0 Å². The highest BCUT2D eigenvalue weighted by atomic mass is 16.5. The quantitative estimate of drug-likeness (QED) is 0.850. The Bertz CT molecular complexity index is 651. The number of para-hydroxylation sites is 1. The number of aromatic nitrogens is 1. The van der Waals surface area contributed by atoms with Crippen molar-refractivity contribution in [1.82, 2.24) is 9.88 Å². The van der Waals surface area contributed by atoms with Crippen LogP contribution >= 0.6 is 0 Å². The lowest BCUT2D eigenvalue weighted by molar-refractivity contribution is -0.142. The van der Waals surface area contributed by atoms with E-state index in [1.165, 1.54) is 0 Å². The van der Waals surface area contributed by atoms with Gasteiger partial charge in [0.2, 0.25) is 5.91 Å². The molecule has 1 fully saturated rings. The molecule has 1 aliphatic rings. The van der Waals surface area contributed by atoms with Crippen LogP contribution in [0.5, 0.6) is 0 Å². The lowest BCUT2D eigenvalue weighted by atomic mass is 10.1. The van der Waals surface area contributed by atoms with Crippen LogP contribution in [0, 0.1) is 0 Å². The maximum atomic E-state index is 12.6. The van der Waals surface area contributed by atoms with Crippen LogP contribution in [-0.2, 0) is 16.0 Å². The first-order valence-corrected chi connectivity index (χ1v) is 7.39. The Hall–Kier alpha value is -1.94. The summed E-state index contributed by atoms with van der Waals surface area (Å²) in [6.07, 6.45) is 2.28. The maximum Gasteiger partial charge on any atom is 0.227 e. The molecule has 1 saturated heterocycles. The highest BCUT2D eigenvalue weighted by Crippen LogP contribution is 2.19. The van der Waals surface area contributed by atoms with Gasteiger partial charge >= 0.3 is 0 Å². The molecule has 2 aromatic rings. The van der Waals surface area contributed by atoms with E-state index in [1.54, 1.807) is 6.20 Å². The van der Waals surface area contributed by atoms with Crippen molar-refractivity contribution >= 4 is 16.8 Å². The van der Waals surface area contributed by atoms with Gasteiger partial charge in [0.15, 0.2) is 0 Å². The Balaban J connectivity index is 1.83. The Morgan fingerprint density at radius 2 is 2.14 bits per heavy atom. The van der Waals surface area contributed by atoms with Gasteiger partial charge in [-0.2, -0.15) is 0 Å². The summed E-state index contributed by atoms with van der Waals surface area (Å²) in [7, 11) is 0. The molecule has 1 aromatic carbocycles. The number of rotatable bonds is 2. The van der Waals surface area contributed by atoms with Crippen LogP contribution in [0.4, 0.5) is 0 Å². The molecule has 1 aliphatic heterocycles. The molecule has 4 nitrogen and oxygen atoms in total. The number of nitrogens with zero attached hydrogens (tertiary/aromatic N) is 2. The molecule has 110 valence electrons. The molecule has 0 aliphatic carbocycles. The molecule has 3 rings (SSSR count). The highest BCUT2D eigenvalue weighted by Gasteiger charge is 2.27. The van der Waals surface area contributed by atoms with Gasteiger partial charge in [0.05, 0.1) is 30.7 Å². The topological polar surface area (TPSA) is 42.4 Å². The second-order valence-corrected chi connectivity index (χ2v) is 5.71. The first-order valence-electron chi connectivity index (χ1n) is 7.39. The van der Waals surface area contributed by atoms with Crippen molar-refractivity contribution in [3.8, 4) is 0 Å². The van der Waals surface area contributed by atoms with Crippen molar-refractivity contribution in [2.75, 3.05) is 13.2 Å². The van der Waals surface area contributed by atoms with Crippen molar-refractivity contribution in [2.24, 2.45) is 0 Å². The van der Waals surface area contributed by atoms with Crippen LogP contribution in [0.25, 0.3) is 10.9 Å². The zero-order chi connectivity index (χ0) is 14.8. The molecule has 2 atom stereocenters. The third kappa shape index (κ3) is 2.90. The summed E-state index contributed by atoms with van der Waals surface area (Å²) in [6, 6.07) is 10.1. The Morgan fingerprint density at radius 1 is 1.33 bits per heavy atom. The number of fused-ring (bicyclic) bond motifs is 1. The minimum absolute atomic E-state index is 0.107. The Morgan fingerprint density at radius 3 is 3.00 bits per heavy atom. The van der Waals surface area contributed by atoms with E-state index in [0.29, 0.717) is 19.6 Å². The number of hydrogen-bond donors (Lipinski definition) is 0. The summed E-state index contributed by atoms with van der Waals surface area (Å²) in [5, 5.41) is 1.08. The molecule has 4 heteroatoms. The van der Waals surface area contributed by atoms with Crippen molar-refractivity contribution in [3.63, 3.8) is 0 Å². The fourth-order valence-electron chi connectivity index (χ4n) is 2.83. The molecular formula is C17H20N2O2. The number of carbonyl (C=O) groups excluding carboxylic acids is 1. The molecule has 0 bridgehead atoms. The summed E-state index contributed by atoms with van der Waals surface area (Å²) in [6.45, 7) is 5.32. The number of benzene rings is 1. The monoisotopic (exact) mass is 284 g/mol. The molecular weight excluding hydrogens is 264 g/mol. The van der Waals surface area contributed by atoms with E-state index >= 15 is 0 Å². The van der Waals surface area contributed by atoms with Gasteiger partial charge in [-0.1, -0.05) is 24.3 Å². The average molecular weight is 284 g/mol. The van der Waals surface area contributed by atoms with E-state index in [-0.39, 0.29) is 18.1 Å². The van der Waals surface area contributed by atoms with Crippen molar-refractivity contribution in [2.45, 2.75) is 32.4 Å². The zero-order valence-electron chi connectivity index (χ0n) is 12.5. The standard InChI is InChI=1S/C17H20N2O2/c1-12-11-21-13(2)10-19(12)16(20)9-15-6-3-5-14-7-4-8-18-17(14)15/h3-8,12-13H,9-11H2,1-2H3/t12-,13-/m1/s1. The average Bonchev–Trinajstić information content (AvgIpc) is 2.50. The molecule has 0 radical (unpaired) electrons. The molecule has 21 heavy (non-hydrogen) atoms. The minimum atomic E-state index is 0.107. The molecule has 0 N–H and O–H groups in total. The van der Waals surface area contributed by atoms with Crippen LogP contribution in [0.1, 0.15) is 19.4 Å². The lowest BCUT2D eigenvalue weighted by Gasteiger charge is -2.37. The number of carbonyl (C=O) groups is 1. The van der Waals surface area contributed by atoms with Gasteiger partial charge < -0.3 is 9.64 Å². The summed E-state index contributed by atoms with van der Waals surface area (Å²) in [5.74, 6) is 0.149. The molecule has 1 amide bonds. The number of hydrogen-bond acceptors (Lipinski definition) is 3. The third-order valence-corrected chi connectivity index (χ3v) is 3.99. The van der Waals surface area contributed by atoms with Gasteiger partial charge in [-0.25, -0.2) is 0 Å². The molecule has 0 spiro atoms. The zero-order valence-corrected chi connectivity index (χ0v) is 12.5. The second-order valence-electron chi connectivity index (χ2n) is 5.71. The number of ether oxygens (including phenoxy) is 1. The smallest absolute Gasteiger partial charge is 0.227 e. The van der Waals surface area contributed by atoms with Gasteiger partial charge in [0.1, 0.15) is 0 Å². The number of pyridine rings is 1. The third-order valence-electron chi connectivity index (χ3n) is 3.99. The van der Waals surface area contributed by atoms with Gasteiger partial charge in [-0.3, -0.25) is 9.78 Å².